The summed E-state index contributed by atoms with van der Waals surface area (Å²) >= 11 is 0. The topological polar surface area (TPSA) is 110 Å². The molecule has 2 amide bonds. The molecule has 0 aliphatic heterocycles. The van der Waals surface area contributed by atoms with Crippen LogP contribution in [0.4, 0.5) is 10.5 Å². The minimum atomic E-state index is -0.729. The van der Waals surface area contributed by atoms with Crippen molar-refractivity contribution in [1.82, 2.24) is 9.88 Å². The van der Waals surface area contributed by atoms with Gasteiger partial charge in [0.15, 0.2) is 5.69 Å². The van der Waals surface area contributed by atoms with E-state index in [0.29, 0.717) is 11.1 Å². The second-order valence-electron chi connectivity index (χ2n) is 8.10. The molecule has 3 aromatic rings. The van der Waals surface area contributed by atoms with Crippen LogP contribution in [0, 0.1) is 13.8 Å². The van der Waals surface area contributed by atoms with E-state index in [2.05, 4.69) is 10.6 Å². The molecule has 2 aromatic carbocycles. The number of carbonyl (C=O) groups excluding carboxylic acids is 2. The number of aromatic hydroxyl groups is 1. The number of nitrogens with one attached hydrogen (secondary N) is 2. The van der Waals surface area contributed by atoms with Crippen molar-refractivity contribution in [3.05, 3.63) is 81.8 Å². The molecule has 178 valence electrons. The zero-order valence-corrected chi connectivity index (χ0v) is 19.7. The Morgan fingerprint density at radius 2 is 1.79 bits per heavy atom. The Balaban J connectivity index is 1.89. The fourth-order valence-corrected chi connectivity index (χ4v) is 3.63. The molecule has 0 radical (unpaired) electrons. The highest BCUT2D eigenvalue weighted by Gasteiger charge is 2.22. The summed E-state index contributed by atoms with van der Waals surface area (Å²) in [4.78, 5) is 37.5. The second-order valence-corrected chi connectivity index (χ2v) is 8.10. The molecule has 3 rings (SSSR count). The van der Waals surface area contributed by atoms with Crippen LogP contribution in [0.25, 0.3) is 11.1 Å². The van der Waals surface area contributed by atoms with Crippen LogP contribution in [0.1, 0.15) is 36.1 Å². The van der Waals surface area contributed by atoms with Gasteiger partial charge in [0.25, 0.3) is 5.56 Å². The van der Waals surface area contributed by atoms with Crippen LogP contribution in [0.2, 0.25) is 0 Å². The van der Waals surface area contributed by atoms with Crippen molar-refractivity contribution in [1.29, 1.82) is 0 Å². The number of aromatic nitrogens is 1. The standard InChI is InChI=1S/C26H29N3O5/c1-5-34-22(30)14-21(20-8-6-7-19(13-20)18-11-9-16(2)10-12-18)27-26(33)28-23-24(31)17(3)15-29(4)25(23)32/h6-13,15,21,31H,5,14H2,1-4H3,(H2,27,28,33)/t21-/m0/s1. The van der Waals surface area contributed by atoms with E-state index < -0.39 is 23.6 Å². The third kappa shape index (κ3) is 5.83. The highest BCUT2D eigenvalue weighted by molar-refractivity contribution is 5.91. The van der Waals surface area contributed by atoms with Gasteiger partial charge in [0.05, 0.1) is 19.1 Å². The van der Waals surface area contributed by atoms with E-state index in [1.165, 1.54) is 17.8 Å². The highest BCUT2D eigenvalue weighted by atomic mass is 16.5. The molecular weight excluding hydrogens is 434 g/mol. The van der Waals surface area contributed by atoms with Crippen LogP contribution in [0.3, 0.4) is 0 Å². The van der Waals surface area contributed by atoms with Crippen molar-refractivity contribution < 1.29 is 19.4 Å². The fourth-order valence-electron chi connectivity index (χ4n) is 3.63. The first kappa shape index (κ1) is 24.6. The number of esters is 1. The number of carbonyl (C=O) groups is 2. The zero-order valence-electron chi connectivity index (χ0n) is 19.7. The second kappa shape index (κ2) is 10.7. The van der Waals surface area contributed by atoms with Gasteiger partial charge in [-0.15, -0.1) is 0 Å². The lowest BCUT2D eigenvalue weighted by Crippen LogP contribution is -2.36. The SMILES string of the molecule is CCOC(=O)C[C@H](NC(=O)Nc1c(O)c(C)cn(C)c1=O)c1cccc(-c2ccc(C)cc2)c1. The minimum Gasteiger partial charge on any atom is -0.505 e. The first-order chi connectivity index (χ1) is 16.2. The Hall–Kier alpha value is -4.07. The summed E-state index contributed by atoms with van der Waals surface area (Å²) in [6.07, 6.45) is 1.37. The molecule has 0 saturated heterocycles. The van der Waals surface area contributed by atoms with Gasteiger partial charge in [-0.3, -0.25) is 9.59 Å². The van der Waals surface area contributed by atoms with E-state index in [1.54, 1.807) is 13.8 Å². The van der Waals surface area contributed by atoms with Crippen molar-refractivity contribution in [3.63, 3.8) is 0 Å². The van der Waals surface area contributed by atoms with Gasteiger partial charge < -0.3 is 25.0 Å². The van der Waals surface area contributed by atoms with Gasteiger partial charge in [-0.1, -0.05) is 48.0 Å². The van der Waals surface area contributed by atoms with Crippen molar-refractivity contribution >= 4 is 17.7 Å². The number of anilines is 1. The van der Waals surface area contributed by atoms with E-state index in [9.17, 15) is 19.5 Å². The Kier molecular flexibility index (Phi) is 7.73. The lowest BCUT2D eigenvalue weighted by molar-refractivity contribution is -0.143. The van der Waals surface area contributed by atoms with E-state index >= 15 is 0 Å². The van der Waals surface area contributed by atoms with Crippen molar-refractivity contribution in [2.75, 3.05) is 11.9 Å². The molecule has 1 atom stereocenters. The number of rotatable bonds is 7. The Morgan fingerprint density at radius 1 is 1.09 bits per heavy atom. The monoisotopic (exact) mass is 463 g/mol. The fraction of sp³-hybridized carbons (Fsp3) is 0.269. The molecule has 0 spiro atoms. The lowest BCUT2D eigenvalue weighted by atomic mass is 9.97. The molecule has 0 aliphatic rings. The lowest BCUT2D eigenvalue weighted by Gasteiger charge is -2.20. The number of pyridine rings is 1. The molecule has 0 fully saturated rings. The van der Waals surface area contributed by atoms with Gasteiger partial charge >= 0.3 is 12.0 Å². The van der Waals surface area contributed by atoms with Crippen molar-refractivity contribution in [2.24, 2.45) is 7.05 Å². The molecule has 0 saturated carbocycles. The first-order valence-electron chi connectivity index (χ1n) is 11.0. The number of ether oxygens (including phenoxy) is 1. The summed E-state index contributed by atoms with van der Waals surface area (Å²) in [7, 11) is 1.53. The number of urea groups is 1. The van der Waals surface area contributed by atoms with Crippen LogP contribution in [0.5, 0.6) is 5.75 Å². The number of nitrogens with zero attached hydrogens (tertiary/aromatic N) is 1. The maximum absolute atomic E-state index is 12.8. The van der Waals surface area contributed by atoms with Crippen molar-refractivity contribution in [2.45, 2.75) is 33.2 Å². The number of hydrogen-bond donors (Lipinski definition) is 3. The minimum absolute atomic E-state index is 0.101. The van der Waals surface area contributed by atoms with Crippen molar-refractivity contribution in [3.8, 4) is 16.9 Å². The summed E-state index contributed by atoms with van der Waals surface area (Å²) in [5.41, 5.74) is 3.42. The summed E-state index contributed by atoms with van der Waals surface area (Å²) in [5.74, 6) is -0.774. The molecular formula is C26H29N3O5. The predicted octanol–water partition coefficient (Wildman–Crippen LogP) is 4.19. The van der Waals surface area contributed by atoms with Gasteiger partial charge in [-0.2, -0.15) is 0 Å². The molecule has 1 heterocycles. The number of aryl methyl sites for hydroxylation is 3. The van der Waals surface area contributed by atoms with Crippen LogP contribution in [-0.2, 0) is 16.6 Å². The van der Waals surface area contributed by atoms with E-state index in [0.717, 1.165) is 16.7 Å². The summed E-state index contributed by atoms with van der Waals surface area (Å²) in [6, 6.07) is 14.1. The molecule has 8 heteroatoms. The molecule has 3 N–H and O–H groups in total. The molecule has 34 heavy (non-hydrogen) atoms. The number of benzene rings is 2. The molecule has 8 nitrogen and oxygen atoms in total. The summed E-state index contributed by atoms with van der Waals surface area (Å²) in [5, 5.41) is 15.4. The summed E-state index contributed by atoms with van der Waals surface area (Å²) < 4.78 is 6.36. The van der Waals surface area contributed by atoms with Gasteiger partial charge in [0.2, 0.25) is 0 Å². The smallest absolute Gasteiger partial charge is 0.319 e. The number of hydrogen-bond acceptors (Lipinski definition) is 5. The largest absolute Gasteiger partial charge is 0.505 e. The molecule has 0 bridgehead atoms. The molecule has 1 aromatic heterocycles. The maximum Gasteiger partial charge on any atom is 0.319 e. The average molecular weight is 464 g/mol. The van der Waals surface area contributed by atoms with Crippen LogP contribution >= 0.6 is 0 Å². The van der Waals surface area contributed by atoms with E-state index in [-0.39, 0.29) is 24.5 Å². The van der Waals surface area contributed by atoms with Crippen LogP contribution in [0.15, 0.2) is 59.5 Å². The van der Waals surface area contributed by atoms with Gasteiger partial charge in [0.1, 0.15) is 5.75 Å². The van der Waals surface area contributed by atoms with Gasteiger partial charge in [-0.05, 0) is 43.5 Å². The predicted molar refractivity (Wildman–Crippen MR) is 131 cm³/mol. The zero-order chi connectivity index (χ0) is 24.8. The van der Waals surface area contributed by atoms with Gasteiger partial charge in [0, 0.05) is 18.8 Å². The van der Waals surface area contributed by atoms with Crippen LogP contribution in [-0.4, -0.2) is 28.3 Å². The Labute approximate surface area is 198 Å². The first-order valence-corrected chi connectivity index (χ1v) is 11.0. The van der Waals surface area contributed by atoms with Gasteiger partial charge in [-0.25, -0.2) is 4.79 Å². The third-order valence-electron chi connectivity index (χ3n) is 5.43. The van der Waals surface area contributed by atoms with E-state index in [1.807, 2.05) is 55.5 Å². The van der Waals surface area contributed by atoms with Crippen LogP contribution < -0.4 is 16.2 Å². The third-order valence-corrected chi connectivity index (χ3v) is 5.43. The normalized spacial score (nSPS) is 11.5. The Morgan fingerprint density at radius 3 is 2.47 bits per heavy atom. The molecule has 0 unspecified atom stereocenters. The maximum atomic E-state index is 12.8. The average Bonchev–Trinajstić information content (AvgIpc) is 2.81. The highest BCUT2D eigenvalue weighted by Crippen LogP contribution is 2.26. The molecule has 0 aliphatic carbocycles. The quantitative estimate of drug-likeness (QED) is 0.455. The summed E-state index contributed by atoms with van der Waals surface area (Å²) in [6.45, 7) is 5.56. The van der Waals surface area contributed by atoms with E-state index in [4.69, 9.17) is 4.74 Å². The number of amides is 2. The Bertz CT molecular complexity index is 1250.